The predicted octanol–water partition coefficient (Wildman–Crippen LogP) is 4.88. The van der Waals surface area contributed by atoms with Crippen LogP contribution in [0.4, 0.5) is 5.69 Å². The maximum atomic E-state index is 14.1. The van der Waals surface area contributed by atoms with Crippen LogP contribution >= 0.6 is 11.6 Å². The molecule has 2 amide bonds. The lowest BCUT2D eigenvalue weighted by molar-refractivity contribution is -0.139. The molecular weight excluding hydrogens is 566 g/mol. The topological polar surface area (TPSA) is 105 Å². The molecule has 41 heavy (non-hydrogen) atoms. The first kappa shape index (κ1) is 31.8. The van der Waals surface area contributed by atoms with Gasteiger partial charge in [0.1, 0.15) is 24.1 Å². The normalized spacial score (nSPS) is 12.6. The van der Waals surface area contributed by atoms with Gasteiger partial charge in [-0.05, 0) is 62.2 Å². The van der Waals surface area contributed by atoms with Crippen molar-refractivity contribution in [2.75, 3.05) is 25.1 Å². The average Bonchev–Trinajstić information content (AvgIpc) is 2.98. The predicted molar refractivity (Wildman–Crippen MR) is 160 cm³/mol. The van der Waals surface area contributed by atoms with Crippen LogP contribution in [0, 0.1) is 0 Å². The minimum atomic E-state index is -4.26. The molecular formula is C30H36ClN3O6S. The number of benzene rings is 3. The van der Waals surface area contributed by atoms with Gasteiger partial charge >= 0.3 is 0 Å². The number of sulfonamides is 1. The van der Waals surface area contributed by atoms with E-state index < -0.39 is 28.5 Å². The highest BCUT2D eigenvalue weighted by atomic mass is 35.5. The second-order valence-electron chi connectivity index (χ2n) is 9.51. The Morgan fingerprint density at radius 1 is 0.951 bits per heavy atom. The lowest BCUT2D eigenvalue weighted by Crippen LogP contribution is -2.52. The number of rotatable bonds is 13. The van der Waals surface area contributed by atoms with Gasteiger partial charge in [-0.1, -0.05) is 48.9 Å². The Morgan fingerprint density at radius 3 is 2.27 bits per heavy atom. The summed E-state index contributed by atoms with van der Waals surface area (Å²) in [5.74, 6) is -0.354. The van der Waals surface area contributed by atoms with Crippen molar-refractivity contribution in [1.29, 1.82) is 0 Å². The fraction of sp³-hybridized carbons (Fsp3) is 0.333. The number of hydrogen-bond acceptors (Lipinski definition) is 6. The largest absolute Gasteiger partial charge is 0.497 e. The molecule has 0 saturated carbocycles. The molecule has 3 aromatic rings. The van der Waals surface area contributed by atoms with Gasteiger partial charge in [-0.3, -0.25) is 13.9 Å². The molecule has 0 aliphatic heterocycles. The molecule has 2 atom stereocenters. The number of nitrogens with one attached hydrogen (secondary N) is 1. The van der Waals surface area contributed by atoms with Gasteiger partial charge in [0.15, 0.2) is 0 Å². The Morgan fingerprint density at radius 2 is 1.66 bits per heavy atom. The number of nitrogens with zero attached hydrogens (tertiary/aromatic N) is 2. The van der Waals surface area contributed by atoms with Crippen LogP contribution in [-0.2, 0) is 26.2 Å². The van der Waals surface area contributed by atoms with Crippen molar-refractivity contribution in [1.82, 2.24) is 10.2 Å². The third-order valence-electron chi connectivity index (χ3n) is 6.68. The number of amides is 2. The maximum absolute atomic E-state index is 14.1. The van der Waals surface area contributed by atoms with Crippen LogP contribution in [0.1, 0.15) is 32.8 Å². The SMILES string of the molecule is CC[C@H](C)NC(=O)[C@H](C)N(Cc1cccc(Cl)c1)C(=O)CN(c1cc(OC)ccc1OC)S(=O)(=O)c1ccccc1. The van der Waals surface area contributed by atoms with Crippen LogP contribution in [0.25, 0.3) is 0 Å². The second kappa shape index (κ2) is 14.2. The summed E-state index contributed by atoms with van der Waals surface area (Å²) in [6.45, 7) is 4.85. The smallest absolute Gasteiger partial charge is 0.264 e. The van der Waals surface area contributed by atoms with Gasteiger partial charge in [-0.2, -0.15) is 0 Å². The summed E-state index contributed by atoms with van der Waals surface area (Å²) >= 11 is 6.20. The van der Waals surface area contributed by atoms with Gasteiger partial charge in [-0.25, -0.2) is 8.42 Å². The van der Waals surface area contributed by atoms with Gasteiger partial charge in [0.2, 0.25) is 11.8 Å². The Balaban J connectivity index is 2.10. The first-order chi connectivity index (χ1) is 19.5. The first-order valence-corrected chi connectivity index (χ1v) is 15.0. The summed E-state index contributed by atoms with van der Waals surface area (Å²) in [4.78, 5) is 28.6. The first-order valence-electron chi connectivity index (χ1n) is 13.2. The van der Waals surface area contributed by atoms with E-state index in [-0.39, 0.29) is 34.8 Å². The van der Waals surface area contributed by atoms with E-state index in [1.54, 1.807) is 61.5 Å². The van der Waals surface area contributed by atoms with Crippen molar-refractivity contribution in [2.24, 2.45) is 0 Å². The highest BCUT2D eigenvalue weighted by molar-refractivity contribution is 7.92. The molecule has 220 valence electrons. The molecule has 0 aromatic heterocycles. The second-order valence-corrected chi connectivity index (χ2v) is 11.8. The molecule has 0 unspecified atom stereocenters. The molecule has 0 heterocycles. The molecule has 1 N–H and O–H groups in total. The Kier molecular flexibility index (Phi) is 11.0. The van der Waals surface area contributed by atoms with Crippen LogP contribution in [0.15, 0.2) is 77.7 Å². The van der Waals surface area contributed by atoms with E-state index in [1.165, 1.54) is 37.3 Å². The summed E-state index contributed by atoms with van der Waals surface area (Å²) < 4.78 is 39.8. The quantitative estimate of drug-likeness (QED) is 0.299. The highest BCUT2D eigenvalue weighted by Gasteiger charge is 2.34. The molecule has 0 aliphatic carbocycles. The van der Waals surface area contributed by atoms with Crippen LogP contribution in [-0.4, -0.2) is 58.0 Å². The standard InChI is InChI=1S/C30H36ClN3O6S/c1-6-21(2)32-30(36)22(3)33(19-23-11-10-12-24(31)17-23)29(35)20-34(41(37,38)26-13-8-7-9-14-26)27-18-25(39-4)15-16-28(27)40-5/h7-18,21-22H,6,19-20H2,1-5H3,(H,32,36)/t21-,22-/m0/s1. The van der Waals surface area contributed by atoms with E-state index >= 15 is 0 Å². The van der Waals surface area contributed by atoms with E-state index in [9.17, 15) is 18.0 Å². The fourth-order valence-corrected chi connectivity index (χ4v) is 5.76. The van der Waals surface area contributed by atoms with Gasteiger partial charge in [0.25, 0.3) is 10.0 Å². The Labute approximate surface area is 247 Å². The van der Waals surface area contributed by atoms with Gasteiger partial charge in [-0.15, -0.1) is 0 Å². The van der Waals surface area contributed by atoms with Crippen LogP contribution in [0.2, 0.25) is 5.02 Å². The van der Waals surface area contributed by atoms with E-state index in [2.05, 4.69) is 5.32 Å². The molecule has 9 nitrogen and oxygen atoms in total. The molecule has 0 radical (unpaired) electrons. The lowest BCUT2D eigenvalue weighted by atomic mass is 10.1. The summed E-state index contributed by atoms with van der Waals surface area (Å²) in [7, 11) is -1.39. The fourth-order valence-electron chi connectivity index (χ4n) is 4.10. The molecule has 0 saturated heterocycles. The van der Waals surface area contributed by atoms with Crippen molar-refractivity contribution in [3.8, 4) is 11.5 Å². The molecule has 0 aliphatic rings. The molecule has 0 spiro atoms. The third kappa shape index (κ3) is 7.92. The van der Waals surface area contributed by atoms with Gasteiger partial charge in [0, 0.05) is 23.7 Å². The molecule has 3 rings (SSSR count). The number of carbonyl (C=O) groups excluding carboxylic acids is 2. The summed E-state index contributed by atoms with van der Waals surface area (Å²) in [5, 5.41) is 3.38. The van der Waals surface area contributed by atoms with Crippen molar-refractivity contribution < 1.29 is 27.5 Å². The van der Waals surface area contributed by atoms with E-state index in [1.807, 2.05) is 13.8 Å². The Hall–Kier alpha value is -3.76. The minimum Gasteiger partial charge on any atom is -0.497 e. The van der Waals surface area contributed by atoms with E-state index in [4.69, 9.17) is 21.1 Å². The van der Waals surface area contributed by atoms with Crippen LogP contribution in [0.5, 0.6) is 11.5 Å². The van der Waals surface area contributed by atoms with Crippen molar-refractivity contribution >= 4 is 39.1 Å². The highest BCUT2D eigenvalue weighted by Crippen LogP contribution is 2.36. The number of anilines is 1. The molecule has 11 heteroatoms. The monoisotopic (exact) mass is 601 g/mol. The zero-order chi connectivity index (χ0) is 30.2. The number of ether oxygens (including phenoxy) is 2. The Bertz CT molecular complexity index is 1450. The van der Waals surface area contributed by atoms with Crippen molar-refractivity contribution in [3.05, 3.63) is 83.4 Å². The van der Waals surface area contributed by atoms with Gasteiger partial charge < -0.3 is 19.7 Å². The summed E-state index contributed by atoms with van der Waals surface area (Å²) in [5.41, 5.74) is 0.800. The van der Waals surface area contributed by atoms with Crippen LogP contribution < -0.4 is 19.1 Å². The number of carbonyl (C=O) groups is 2. The lowest BCUT2D eigenvalue weighted by Gasteiger charge is -2.33. The number of hydrogen-bond donors (Lipinski definition) is 1. The molecule has 0 fully saturated rings. The summed E-state index contributed by atoms with van der Waals surface area (Å²) in [6, 6.07) is 18.4. The zero-order valence-corrected chi connectivity index (χ0v) is 25.4. The van der Waals surface area contributed by atoms with E-state index in [0.717, 1.165) is 4.31 Å². The molecule has 0 bridgehead atoms. The number of methoxy groups -OCH3 is 2. The zero-order valence-electron chi connectivity index (χ0n) is 23.8. The van der Waals surface area contributed by atoms with Crippen molar-refractivity contribution in [2.45, 2.75) is 50.7 Å². The van der Waals surface area contributed by atoms with Gasteiger partial charge in [0.05, 0.1) is 24.8 Å². The molecule has 3 aromatic carbocycles. The maximum Gasteiger partial charge on any atom is 0.264 e. The average molecular weight is 602 g/mol. The van der Waals surface area contributed by atoms with Crippen molar-refractivity contribution in [3.63, 3.8) is 0 Å². The summed E-state index contributed by atoms with van der Waals surface area (Å²) in [6.07, 6.45) is 0.708. The number of halogens is 1. The van der Waals surface area contributed by atoms with Crippen LogP contribution in [0.3, 0.4) is 0 Å². The van der Waals surface area contributed by atoms with E-state index in [0.29, 0.717) is 22.8 Å². The minimum absolute atomic E-state index is 0.0124. The third-order valence-corrected chi connectivity index (χ3v) is 8.68.